The van der Waals surface area contributed by atoms with Gasteiger partial charge >= 0.3 is 0 Å². The van der Waals surface area contributed by atoms with Crippen molar-refractivity contribution in [1.29, 1.82) is 0 Å². The van der Waals surface area contributed by atoms with Crippen LogP contribution < -0.4 is 15.8 Å². The van der Waals surface area contributed by atoms with Crippen LogP contribution in [0.3, 0.4) is 0 Å². The fraction of sp³-hybridized carbons (Fsp3) is 0.562. The number of hydrogen-bond donors (Lipinski definition) is 2. The molecular weight excluding hydrogens is 252 g/mol. The summed E-state index contributed by atoms with van der Waals surface area (Å²) in [6.45, 7) is 1.96. The molecule has 0 aromatic heterocycles. The third-order valence-electron chi connectivity index (χ3n) is 4.07. The first kappa shape index (κ1) is 14.9. The number of amides is 1. The molecule has 2 rings (SSSR count). The number of benzene rings is 1. The molecule has 1 fully saturated rings. The Morgan fingerprint density at radius 2 is 2.05 bits per heavy atom. The third kappa shape index (κ3) is 3.73. The average Bonchev–Trinajstić information content (AvgIpc) is 2.41. The Bertz CT molecular complexity index is 479. The van der Waals surface area contributed by atoms with Gasteiger partial charge in [-0.15, -0.1) is 0 Å². The quantitative estimate of drug-likeness (QED) is 0.888. The Morgan fingerprint density at radius 1 is 1.35 bits per heavy atom. The van der Waals surface area contributed by atoms with Gasteiger partial charge in [-0.25, -0.2) is 0 Å². The van der Waals surface area contributed by atoms with E-state index in [1.165, 1.54) is 6.42 Å². The number of nitrogens with two attached hydrogens (primary N) is 1. The molecule has 0 unspecified atom stereocenters. The van der Waals surface area contributed by atoms with Crippen LogP contribution in [0, 0.1) is 6.92 Å². The minimum atomic E-state index is -0.317. The van der Waals surface area contributed by atoms with Crippen LogP contribution in [0.15, 0.2) is 18.2 Å². The molecule has 1 amide bonds. The highest BCUT2D eigenvalue weighted by Gasteiger charge is 2.30. The van der Waals surface area contributed by atoms with Crippen LogP contribution in [0.4, 0.5) is 5.69 Å². The maximum Gasteiger partial charge on any atom is 0.226 e. The Kier molecular flexibility index (Phi) is 4.65. The van der Waals surface area contributed by atoms with Crippen LogP contribution in [0.25, 0.3) is 0 Å². The highest BCUT2D eigenvalue weighted by Crippen LogP contribution is 2.29. The number of aryl methyl sites for hydroxylation is 1. The van der Waals surface area contributed by atoms with E-state index in [1.807, 2.05) is 25.1 Å². The molecule has 0 atom stereocenters. The number of rotatable bonds is 4. The Labute approximate surface area is 120 Å². The van der Waals surface area contributed by atoms with Gasteiger partial charge in [0.15, 0.2) is 0 Å². The van der Waals surface area contributed by atoms with Gasteiger partial charge in [-0.3, -0.25) is 4.79 Å². The molecule has 0 saturated heterocycles. The molecule has 3 N–H and O–H groups in total. The second-order valence-corrected chi connectivity index (χ2v) is 5.83. The molecule has 4 heteroatoms. The summed E-state index contributed by atoms with van der Waals surface area (Å²) in [4.78, 5) is 12.2. The van der Waals surface area contributed by atoms with Crippen LogP contribution in [0.1, 0.15) is 44.1 Å². The fourth-order valence-electron chi connectivity index (χ4n) is 2.85. The SMILES string of the molecule is COc1ccc(NC(=O)CC2(N)CCCCC2)c(C)c1. The van der Waals surface area contributed by atoms with E-state index in [9.17, 15) is 4.79 Å². The first-order chi connectivity index (χ1) is 9.52. The molecule has 0 bridgehead atoms. The van der Waals surface area contributed by atoms with Gasteiger partial charge in [-0.1, -0.05) is 19.3 Å². The van der Waals surface area contributed by atoms with Crippen molar-refractivity contribution in [3.8, 4) is 5.75 Å². The first-order valence-corrected chi connectivity index (χ1v) is 7.26. The topological polar surface area (TPSA) is 64.3 Å². The van der Waals surface area contributed by atoms with Crippen LogP contribution in [-0.4, -0.2) is 18.6 Å². The van der Waals surface area contributed by atoms with E-state index in [0.717, 1.165) is 42.7 Å². The molecule has 1 saturated carbocycles. The van der Waals surface area contributed by atoms with Gasteiger partial charge in [0.05, 0.1) is 7.11 Å². The van der Waals surface area contributed by atoms with Crippen molar-refractivity contribution in [2.45, 2.75) is 51.0 Å². The van der Waals surface area contributed by atoms with Gasteiger partial charge in [0.25, 0.3) is 0 Å². The summed E-state index contributed by atoms with van der Waals surface area (Å²) in [5, 5.41) is 2.96. The monoisotopic (exact) mass is 276 g/mol. The Balaban J connectivity index is 1.97. The van der Waals surface area contributed by atoms with E-state index < -0.39 is 0 Å². The smallest absolute Gasteiger partial charge is 0.226 e. The minimum Gasteiger partial charge on any atom is -0.497 e. The van der Waals surface area contributed by atoms with Crippen molar-refractivity contribution in [1.82, 2.24) is 0 Å². The summed E-state index contributed by atoms with van der Waals surface area (Å²) in [6, 6.07) is 5.63. The van der Waals surface area contributed by atoms with E-state index in [0.29, 0.717) is 6.42 Å². The lowest BCUT2D eigenvalue weighted by atomic mass is 9.80. The third-order valence-corrected chi connectivity index (χ3v) is 4.07. The Morgan fingerprint density at radius 3 is 2.65 bits per heavy atom. The Hall–Kier alpha value is -1.55. The predicted octanol–water partition coefficient (Wildman–Crippen LogP) is 2.99. The van der Waals surface area contributed by atoms with Crippen LogP contribution >= 0.6 is 0 Å². The maximum absolute atomic E-state index is 12.2. The largest absolute Gasteiger partial charge is 0.497 e. The molecule has 0 radical (unpaired) electrons. The molecule has 110 valence electrons. The molecule has 1 aromatic carbocycles. The zero-order valence-corrected chi connectivity index (χ0v) is 12.4. The van der Waals surface area contributed by atoms with Crippen molar-refractivity contribution in [2.24, 2.45) is 5.73 Å². The van der Waals surface area contributed by atoms with E-state index in [4.69, 9.17) is 10.5 Å². The molecule has 1 aromatic rings. The number of methoxy groups -OCH3 is 1. The number of carbonyl (C=O) groups excluding carboxylic acids is 1. The van der Waals surface area contributed by atoms with E-state index in [1.54, 1.807) is 7.11 Å². The zero-order valence-electron chi connectivity index (χ0n) is 12.4. The van der Waals surface area contributed by atoms with Gasteiger partial charge in [-0.05, 0) is 43.5 Å². The molecule has 0 heterocycles. The average molecular weight is 276 g/mol. The predicted molar refractivity (Wildman–Crippen MR) is 81.0 cm³/mol. The molecular formula is C16H24N2O2. The molecule has 4 nitrogen and oxygen atoms in total. The summed E-state index contributed by atoms with van der Waals surface area (Å²) < 4.78 is 5.16. The molecule has 1 aliphatic rings. The van der Waals surface area contributed by atoms with Gasteiger partial charge in [0, 0.05) is 17.6 Å². The molecule has 1 aliphatic carbocycles. The summed E-state index contributed by atoms with van der Waals surface area (Å²) in [5.74, 6) is 0.797. The zero-order chi connectivity index (χ0) is 14.6. The highest BCUT2D eigenvalue weighted by molar-refractivity contribution is 5.92. The van der Waals surface area contributed by atoms with Gasteiger partial charge < -0.3 is 15.8 Å². The highest BCUT2D eigenvalue weighted by atomic mass is 16.5. The number of anilines is 1. The van der Waals surface area contributed by atoms with E-state index in [-0.39, 0.29) is 11.4 Å². The van der Waals surface area contributed by atoms with Crippen LogP contribution in [0.5, 0.6) is 5.75 Å². The minimum absolute atomic E-state index is 0.00247. The number of hydrogen-bond acceptors (Lipinski definition) is 3. The van der Waals surface area contributed by atoms with Crippen LogP contribution in [-0.2, 0) is 4.79 Å². The number of ether oxygens (including phenoxy) is 1. The lowest BCUT2D eigenvalue weighted by molar-refractivity contribution is -0.117. The van der Waals surface area contributed by atoms with Crippen molar-refractivity contribution in [3.05, 3.63) is 23.8 Å². The second-order valence-electron chi connectivity index (χ2n) is 5.83. The summed E-state index contributed by atoms with van der Waals surface area (Å²) in [7, 11) is 1.63. The molecule has 20 heavy (non-hydrogen) atoms. The van der Waals surface area contributed by atoms with Crippen molar-refractivity contribution in [3.63, 3.8) is 0 Å². The van der Waals surface area contributed by atoms with Crippen LogP contribution in [0.2, 0.25) is 0 Å². The fourth-order valence-corrected chi connectivity index (χ4v) is 2.85. The van der Waals surface area contributed by atoms with E-state index in [2.05, 4.69) is 5.32 Å². The van der Waals surface area contributed by atoms with Gasteiger partial charge in [-0.2, -0.15) is 0 Å². The summed E-state index contributed by atoms with van der Waals surface area (Å²) >= 11 is 0. The second kappa shape index (κ2) is 6.27. The van der Waals surface area contributed by atoms with E-state index >= 15 is 0 Å². The van der Waals surface area contributed by atoms with Gasteiger partial charge in [0.2, 0.25) is 5.91 Å². The summed E-state index contributed by atoms with van der Waals surface area (Å²) in [6.07, 6.45) is 5.79. The first-order valence-electron chi connectivity index (χ1n) is 7.26. The van der Waals surface area contributed by atoms with Gasteiger partial charge in [0.1, 0.15) is 5.75 Å². The molecule has 0 spiro atoms. The normalized spacial score (nSPS) is 17.6. The molecule has 0 aliphatic heterocycles. The maximum atomic E-state index is 12.2. The number of carbonyl (C=O) groups is 1. The number of nitrogens with one attached hydrogen (secondary N) is 1. The van der Waals surface area contributed by atoms with Crippen molar-refractivity contribution < 1.29 is 9.53 Å². The lowest BCUT2D eigenvalue weighted by Crippen LogP contribution is -2.44. The van der Waals surface area contributed by atoms with Crippen molar-refractivity contribution in [2.75, 3.05) is 12.4 Å². The lowest BCUT2D eigenvalue weighted by Gasteiger charge is -2.32. The summed E-state index contributed by atoms with van der Waals surface area (Å²) in [5.41, 5.74) is 7.82. The standard InChI is InChI=1S/C16H24N2O2/c1-12-10-13(20-2)6-7-14(12)18-15(19)11-16(17)8-4-3-5-9-16/h6-7,10H,3-5,8-9,11,17H2,1-2H3,(H,18,19). The van der Waals surface area contributed by atoms with Crippen molar-refractivity contribution >= 4 is 11.6 Å².